The van der Waals surface area contributed by atoms with Gasteiger partial charge in [0.25, 0.3) is 0 Å². The minimum atomic E-state index is -5.08. The van der Waals surface area contributed by atoms with Crippen LogP contribution in [0.25, 0.3) is 0 Å². The molecule has 20 heavy (non-hydrogen) atoms. The number of piperidine rings is 1. The molecule has 1 amide bonds. The fourth-order valence-electron chi connectivity index (χ4n) is 2.04. The third-order valence-corrected chi connectivity index (χ3v) is 3.14. The number of alkyl halides is 3. The molecule has 0 aromatic carbocycles. The first kappa shape index (κ1) is 16.7. The highest BCUT2D eigenvalue weighted by molar-refractivity contribution is 5.81. The summed E-state index contributed by atoms with van der Waals surface area (Å²) >= 11 is 0. The highest BCUT2D eigenvalue weighted by Gasteiger charge is 2.40. The maximum absolute atomic E-state index is 11.2. The van der Waals surface area contributed by atoms with E-state index in [4.69, 9.17) is 14.6 Å². The topological polar surface area (TPSA) is 87.7 Å². The Bertz CT molecular complexity index is 367. The summed E-state index contributed by atoms with van der Waals surface area (Å²) in [4.78, 5) is 20.1. The number of ether oxygens (including phenoxy) is 1. The second-order valence-electron chi connectivity index (χ2n) is 4.71. The van der Waals surface area contributed by atoms with E-state index in [9.17, 15) is 18.0 Å². The molecule has 3 N–H and O–H groups in total. The fourth-order valence-corrected chi connectivity index (χ4v) is 2.04. The molecule has 0 aliphatic carbocycles. The molecular weight excluding hydrogens is 281 g/mol. The quantitative estimate of drug-likeness (QED) is 0.598. The standard InChI is InChI=1S/C9H16N2O2.C2HF3O2/c1-7-8(12)11-6-9(13-7)2-4-10-5-3-9;3-2(4,5)1(6)7/h7,10H,2-6H2,1H3,(H,11,12);(H,6,7). The van der Waals surface area contributed by atoms with Gasteiger partial charge in [-0.2, -0.15) is 13.2 Å². The van der Waals surface area contributed by atoms with E-state index in [1.54, 1.807) is 0 Å². The number of rotatable bonds is 0. The van der Waals surface area contributed by atoms with Crippen molar-refractivity contribution < 1.29 is 32.6 Å². The van der Waals surface area contributed by atoms with E-state index in [-0.39, 0.29) is 17.6 Å². The molecule has 2 aliphatic heterocycles. The highest BCUT2D eigenvalue weighted by atomic mass is 19.4. The molecule has 2 fully saturated rings. The first-order chi connectivity index (χ1) is 9.16. The second kappa shape index (κ2) is 6.40. The van der Waals surface area contributed by atoms with Gasteiger partial charge in [-0.3, -0.25) is 4.79 Å². The molecule has 6 nitrogen and oxygen atoms in total. The zero-order valence-electron chi connectivity index (χ0n) is 10.9. The van der Waals surface area contributed by atoms with Crippen LogP contribution in [0, 0.1) is 0 Å². The van der Waals surface area contributed by atoms with Gasteiger partial charge in [-0.05, 0) is 32.9 Å². The van der Waals surface area contributed by atoms with Crippen molar-refractivity contribution in [3.05, 3.63) is 0 Å². The second-order valence-corrected chi connectivity index (χ2v) is 4.71. The van der Waals surface area contributed by atoms with Crippen molar-refractivity contribution in [2.75, 3.05) is 19.6 Å². The van der Waals surface area contributed by atoms with Gasteiger partial charge in [0.2, 0.25) is 5.91 Å². The Balaban J connectivity index is 0.000000246. The molecule has 2 rings (SSSR count). The van der Waals surface area contributed by atoms with Crippen LogP contribution in [0.5, 0.6) is 0 Å². The first-order valence-corrected chi connectivity index (χ1v) is 6.13. The lowest BCUT2D eigenvalue weighted by atomic mass is 9.90. The Morgan fingerprint density at radius 1 is 1.40 bits per heavy atom. The van der Waals surface area contributed by atoms with Crippen LogP contribution in [-0.4, -0.2) is 54.5 Å². The van der Waals surface area contributed by atoms with Crippen LogP contribution < -0.4 is 10.6 Å². The number of carbonyl (C=O) groups is 2. The lowest BCUT2D eigenvalue weighted by Crippen LogP contribution is -2.59. The van der Waals surface area contributed by atoms with Gasteiger partial charge in [0.05, 0.1) is 5.60 Å². The van der Waals surface area contributed by atoms with Crippen molar-refractivity contribution >= 4 is 11.9 Å². The van der Waals surface area contributed by atoms with Crippen LogP contribution in [0.2, 0.25) is 0 Å². The number of carbonyl (C=O) groups excluding carboxylic acids is 1. The molecule has 0 aromatic heterocycles. The van der Waals surface area contributed by atoms with Crippen molar-refractivity contribution in [2.45, 2.75) is 37.6 Å². The van der Waals surface area contributed by atoms with Gasteiger partial charge >= 0.3 is 12.1 Å². The van der Waals surface area contributed by atoms with Crippen LogP contribution in [0.4, 0.5) is 13.2 Å². The molecule has 116 valence electrons. The normalized spacial score (nSPS) is 25.4. The van der Waals surface area contributed by atoms with Crippen molar-refractivity contribution in [3.8, 4) is 0 Å². The van der Waals surface area contributed by atoms with E-state index < -0.39 is 12.1 Å². The summed E-state index contributed by atoms with van der Waals surface area (Å²) in [6.07, 6.45) is -3.37. The van der Waals surface area contributed by atoms with Crippen molar-refractivity contribution in [2.24, 2.45) is 0 Å². The van der Waals surface area contributed by atoms with E-state index >= 15 is 0 Å². The Labute approximate surface area is 113 Å². The molecule has 0 saturated carbocycles. The third kappa shape index (κ3) is 4.64. The minimum absolute atomic E-state index is 0.0177. The summed E-state index contributed by atoms with van der Waals surface area (Å²) in [6.45, 7) is 4.47. The molecular formula is C11H17F3N2O4. The molecule has 1 unspecified atom stereocenters. The Morgan fingerprint density at radius 2 is 1.90 bits per heavy atom. The molecule has 0 bridgehead atoms. The summed E-state index contributed by atoms with van der Waals surface area (Å²) in [5, 5.41) is 13.3. The van der Waals surface area contributed by atoms with Crippen LogP contribution in [0.1, 0.15) is 19.8 Å². The van der Waals surface area contributed by atoms with Crippen LogP contribution in [-0.2, 0) is 14.3 Å². The van der Waals surface area contributed by atoms with Gasteiger partial charge in [0, 0.05) is 6.54 Å². The smallest absolute Gasteiger partial charge is 0.475 e. The van der Waals surface area contributed by atoms with Crippen molar-refractivity contribution in [3.63, 3.8) is 0 Å². The van der Waals surface area contributed by atoms with Crippen molar-refractivity contribution in [1.29, 1.82) is 0 Å². The van der Waals surface area contributed by atoms with E-state index in [1.165, 1.54) is 0 Å². The fraction of sp³-hybridized carbons (Fsp3) is 0.818. The molecule has 2 saturated heterocycles. The number of nitrogens with one attached hydrogen (secondary N) is 2. The number of halogens is 3. The molecule has 0 radical (unpaired) electrons. The number of aliphatic carboxylic acids is 1. The Kier molecular flexibility index (Phi) is 5.35. The van der Waals surface area contributed by atoms with Gasteiger partial charge in [-0.1, -0.05) is 0 Å². The molecule has 1 atom stereocenters. The van der Waals surface area contributed by atoms with Crippen LogP contribution >= 0.6 is 0 Å². The number of morpholine rings is 1. The SMILES string of the molecule is CC1OC2(CCNCC2)CNC1=O.O=C(O)C(F)(F)F. The minimum Gasteiger partial charge on any atom is -0.475 e. The summed E-state index contributed by atoms with van der Waals surface area (Å²) in [6, 6.07) is 0. The average Bonchev–Trinajstić information content (AvgIpc) is 2.35. The average molecular weight is 298 g/mol. The predicted molar refractivity (Wildman–Crippen MR) is 62.1 cm³/mol. The number of carboxylic acids is 1. The molecule has 2 heterocycles. The maximum Gasteiger partial charge on any atom is 0.490 e. The summed E-state index contributed by atoms with van der Waals surface area (Å²) in [7, 11) is 0. The van der Waals surface area contributed by atoms with Gasteiger partial charge < -0.3 is 20.5 Å². The largest absolute Gasteiger partial charge is 0.490 e. The lowest BCUT2D eigenvalue weighted by Gasteiger charge is -2.42. The van der Waals surface area contributed by atoms with E-state index in [1.807, 2.05) is 6.92 Å². The number of carboxylic acid groups (broad SMARTS) is 1. The van der Waals surface area contributed by atoms with E-state index in [0.717, 1.165) is 25.9 Å². The first-order valence-electron chi connectivity index (χ1n) is 6.13. The van der Waals surface area contributed by atoms with E-state index in [0.29, 0.717) is 6.54 Å². The molecule has 1 spiro atoms. The summed E-state index contributed by atoms with van der Waals surface area (Å²) < 4.78 is 37.5. The number of hydrogen-bond acceptors (Lipinski definition) is 4. The highest BCUT2D eigenvalue weighted by Crippen LogP contribution is 2.26. The van der Waals surface area contributed by atoms with Gasteiger partial charge in [0.15, 0.2) is 0 Å². The molecule has 0 aromatic rings. The van der Waals surface area contributed by atoms with Gasteiger partial charge in [-0.15, -0.1) is 0 Å². The maximum atomic E-state index is 11.2. The number of amides is 1. The van der Waals surface area contributed by atoms with Crippen LogP contribution in [0.15, 0.2) is 0 Å². The van der Waals surface area contributed by atoms with Gasteiger partial charge in [0.1, 0.15) is 6.10 Å². The Hall–Kier alpha value is -1.35. The lowest BCUT2D eigenvalue weighted by molar-refractivity contribution is -0.192. The number of hydrogen-bond donors (Lipinski definition) is 3. The summed E-state index contributed by atoms with van der Waals surface area (Å²) in [5.74, 6) is -2.74. The van der Waals surface area contributed by atoms with E-state index in [2.05, 4.69) is 10.6 Å². The Morgan fingerprint density at radius 3 is 2.30 bits per heavy atom. The molecule has 9 heteroatoms. The zero-order valence-corrected chi connectivity index (χ0v) is 10.9. The summed E-state index contributed by atoms with van der Waals surface area (Å²) in [5.41, 5.74) is -0.0847. The third-order valence-electron chi connectivity index (χ3n) is 3.14. The zero-order chi connectivity index (χ0) is 15.4. The predicted octanol–water partition coefficient (Wildman–Crippen LogP) is 0.277. The van der Waals surface area contributed by atoms with Gasteiger partial charge in [-0.25, -0.2) is 4.79 Å². The molecule has 2 aliphatic rings. The van der Waals surface area contributed by atoms with Crippen LogP contribution in [0.3, 0.4) is 0 Å². The monoisotopic (exact) mass is 298 g/mol. The van der Waals surface area contributed by atoms with Crippen molar-refractivity contribution in [1.82, 2.24) is 10.6 Å².